The van der Waals surface area contributed by atoms with Gasteiger partial charge < -0.3 is 14.8 Å². The van der Waals surface area contributed by atoms with E-state index in [0.29, 0.717) is 44.3 Å². The molecule has 5 rings (SSSR count). The van der Waals surface area contributed by atoms with Crippen molar-refractivity contribution in [3.63, 3.8) is 0 Å². The van der Waals surface area contributed by atoms with Gasteiger partial charge in [-0.1, -0.05) is 48.5 Å². The average molecular weight is 540 g/mol. The number of aromatic nitrogens is 2. The van der Waals surface area contributed by atoms with Gasteiger partial charge in [-0.05, 0) is 54.4 Å². The number of ether oxygens (including phenoxy) is 2. The van der Waals surface area contributed by atoms with Crippen molar-refractivity contribution < 1.29 is 19.1 Å². The van der Waals surface area contributed by atoms with E-state index in [4.69, 9.17) is 9.47 Å². The second-order valence-corrected chi connectivity index (χ2v) is 9.77. The number of amides is 1. The Morgan fingerprint density at radius 3 is 2.31 bits per heavy atom. The summed E-state index contributed by atoms with van der Waals surface area (Å²) in [7, 11) is 0. The Morgan fingerprint density at radius 1 is 0.923 bits per heavy atom. The van der Waals surface area contributed by atoms with Crippen LogP contribution >= 0.6 is 11.3 Å². The van der Waals surface area contributed by atoms with E-state index in [0.717, 1.165) is 16.9 Å². The van der Waals surface area contributed by atoms with Crippen LogP contribution in [0.2, 0.25) is 0 Å². The van der Waals surface area contributed by atoms with Gasteiger partial charge in [-0.2, -0.15) is 0 Å². The van der Waals surface area contributed by atoms with Crippen molar-refractivity contribution in [2.24, 2.45) is 0 Å². The highest BCUT2D eigenvalue weighted by Crippen LogP contribution is 2.27. The minimum Gasteiger partial charge on any atom is -0.461 e. The van der Waals surface area contributed by atoms with Crippen LogP contribution in [0.5, 0.6) is 11.5 Å². The summed E-state index contributed by atoms with van der Waals surface area (Å²) in [5.41, 5.74) is 1.74. The number of rotatable bonds is 9. The van der Waals surface area contributed by atoms with Gasteiger partial charge in [0.15, 0.2) is 0 Å². The summed E-state index contributed by atoms with van der Waals surface area (Å²) in [6, 6.07) is 26.1. The number of anilines is 1. The molecule has 0 atom stereocenters. The van der Waals surface area contributed by atoms with Gasteiger partial charge in [0, 0.05) is 12.1 Å². The monoisotopic (exact) mass is 539 g/mol. The van der Waals surface area contributed by atoms with Crippen LogP contribution < -0.4 is 15.6 Å². The number of carbonyl (C=O) groups excluding carboxylic acids is 2. The van der Waals surface area contributed by atoms with Crippen molar-refractivity contribution in [3.05, 3.63) is 118 Å². The van der Waals surface area contributed by atoms with E-state index in [1.54, 1.807) is 31.2 Å². The second kappa shape index (κ2) is 11.7. The van der Waals surface area contributed by atoms with E-state index >= 15 is 0 Å². The van der Waals surface area contributed by atoms with E-state index in [1.807, 2.05) is 60.7 Å². The number of hydrogen-bond acceptors (Lipinski definition) is 7. The fourth-order valence-corrected chi connectivity index (χ4v) is 5.06. The third-order valence-corrected chi connectivity index (χ3v) is 7.18. The average Bonchev–Trinajstić information content (AvgIpc) is 3.29. The first kappa shape index (κ1) is 25.9. The first-order valence-corrected chi connectivity index (χ1v) is 13.1. The molecule has 0 saturated carbocycles. The minimum absolute atomic E-state index is 0.226. The molecule has 0 fully saturated rings. The quantitative estimate of drug-likeness (QED) is 0.245. The highest BCUT2D eigenvalue weighted by molar-refractivity contribution is 7.20. The molecule has 5 aromatic rings. The molecule has 3 aromatic carbocycles. The second-order valence-electron chi connectivity index (χ2n) is 8.77. The number of carbonyl (C=O) groups is 2. The lowest BCUT2D eigenvalue weighted by atomic mass is 10.2. The van der Waals surface area contributed by atoms with E-state index in [2.05, 4.69) is 10.3 Å². The molecule has 0 spiro atoms. The van der Waals surface area contributed by atoms with Gasteiger partial charge in [0.25, 0.3) is 5.56 Å². The third-order valence-electron chi connectivity index (χ3n) is 6.00. The Kier molecular flexibility index (Phi) is 7.79. The number of benzene rings is 3. The molecule has 0 bridgehead atoms. The zero-order valence-electron chi connectivity index (χ0n) is 21.1. The van der Waals surface area contributed by atoms with Crippen LogP contribution in [0.1, 0.15) is 20.8 Å². The van der Waals surface area contributed by atoms with E-state index in [-0.39, 0.29) is 24.6 Å². The predicted octanol–water partition coefficient (Wildman–Crippen LogP) is 5.60. The lowest BCUT2D eigenvalue weighted by Crippen LogP contribution is -2.27. The molecule has 0 aliphatic carbocycles. The summed E-state index contributed by atoms with van der Waals surface area (Å²) in [6.07, 6.45) is 1.92. The number of thiophene rings is 1. The predicted molar refractivity (Wildman–Crippen MR) is 151 cm³/mol. The minimum atomic E-state index is -0.491. The van der Waals surface area contributed by atoms with E-state index in [1.165, 1.54) is 10.9 Å². The van der Waals surface area contributed by atoms with Crippen LogP contribution in [0.25, 0.3) is 10.2 Å². The van der Waals surface area contributed by atoms with Gasteiger partial charge in [0.1, 0.15) is 27.8 Å². The van der Waals surface area contributed by atoms with Gasteiger partial charge in [0.05, 0.1) is 18.3 Å². The van der Waals surface area contributed by atoms with Gasteiger partial charge in [-0.25, -0.2) is 9.78 Å². The first-order valence-electron chi connectivity index (χ1n) is 12.3. The van der Waals surface area contributed by atoms with Gasteiger partial charge in [0.2, 0.25) is 5.91 Å². The Bertz CT molecular complexity index is 1660. The Labute approximate surface area is 228 Å². The lowest BCUT2D eigenvalue weighted by Gasteiger charge is -2.09. The fraction of sp³-hybridized carbons (Fsp3) is 0.133. The summed E-state index contributed by atoms with van der Waals surface area (Å²) in [6.45, 7) is 1.70. The van der Waals surface area contributed by atoms with Gasteiger partial charge in [-0.3, -0.25) is 14.2 Å². The highest BCUT2D eigenvalue weighted by Gasteiger charge is 2.21. The molecule has 0 radical (unpaired) electrons. The summed E-state index contributed by atoms with van der Waals surface area (Å²) in [4.78, 5) is 43.6. The molecule has 1 N–H and O–H groups in total. The molecule has 8 nitrogen and oxygen atoms in total. The first-order chi connectivity index (χ1) is 19.0. The van der Waals surface area contributed by atoms with Crippen molar-refractivity contribution in [1.82, 2.24) is 9.55 Å². The summed E-state index contributed by atoms with van der Waals surface area (Å²) < 4.78 is 12.4. The number of hydrogen-bond donors (Lipinski definition) is 1. The number of fused-ring (bicyclic) bond motifs is 1. The van der Waals surface area contributed by atoms with Crippen molar-refractivity contribution in [2.75, 3.05) is 11.9 Å². The Hall–Kier alpha value is -4.76. The molecule has 0 aliphatic heterocycles. The lowest BCUT2D eigenvalue weighted by molar-refractivity contribution is -0.116. The molecule has 196 valence electrons. The van der Waals surface area contributed by atoms with Crippen LogP contribution in [-0.4, -0.2) is 28.0 Å². The molecule has 2 aromatic heterocycles. The maximum absolute atomic E-state index is 13.2. The largest absolute Gasteiger partial charge is 0.461 e. The topological polar surface area (TPSA) is 99.5 Å². The van der Waals surface area contributed by atoms with Crippen LogP contribution in [0.4, 0.5) is 5.69 Å². The van der Waals surface area contributed by atoms with Gasteiger partial charge >= 0.3 is 5.97 Å². The number of nitrogens with zero attached hydrogens (tertiary/aromatic N) is 2. The fourth-order valence-electron chi connectivity index (χ4n) is 4.02. The van der Waals surface area contributed by atoms with Crippen molar-refractivity contribution in [3.8, 4) is 11.5 Å². The molecular formula is C30H25N3O5S. The SMILES string of the molecule is Cc1c(C(=O)OCCc2ccccc2)sc2ncn(CC(=O)Nc3ccc(Oc4ccccc4)cc3)c(=O)c12. The molecule has 1 amide bonds. The van der Waals surface area contributed by atoms with Crippen LogP contribution in [0, 0.1) is 6.92 Å². The van der Waals surface area contributed by atoms with Crippen LogP contribution in [0.15, 0.2) is 96.1 Å². The van der Waals surface area contributed by atoms with Crippen molar-refractivity contribution in [2.45, 2.75) is 19.9 Å². The highest BCUT2D eigenvalue weighted by atomic mass is 32.1. The molecule has 0 saturated heterocycles. The van der Waals surface area contributed by atoms with Crippen molar-refractivity contribution >= 4 is 39.1 Å². The zero-order valence-corrected chi connectivity index (χ0v) is 21.9. The molecular weight excluding hydrogens is 514 g/mol. The van der Waals surface area contributed by atoms with E-state index in [9.17, 15) is 14.4 Å². The smallest absolute Gasteiger partial charge is 0.348 e. The maximum atomic E-state index is 13.2. The van der Waals surface area contributed by atoms with Crippen molar-refractivity contribution in [1.29, 1.82) is 0 Å². The third kappa shape index (κ3) is 6.22. The number of nitrogens with one attached hydrogen (secondary N) is 1. The Balaban J connectivity index is 1.23. The molecule has 2 heterocycles. The maximum Gasteiger partial charge on any atom is 0.348 e. The molecule has 9 heteroatoms. The Morgan fingerprint density at radius 2 is 1.59 bits per heavy atom. The number of aryl methyl sites for hydroxylation is 1. The van der Waals surface area contributed by atoms with Crippen LogP contribution in [0.3, 0.4) is 0 Å². The number of para-hydroxylation sites is 1. The summed E-state index contributed by atoms with van der Waals surface area (Å²) >= 11 is 1.11. The van der Waals surface area contributed by atoms with E-state index < -0.39 is 5.97 Å². The molecule has 0 unspecified atom stereocenters. The van der Waals surface area contributed by atoms with Gasteiger partial charge in [-0.15, -0.1) is 11.3 Å². The van der Waals surface area contributed by atoms with Crippen LogP contribution in [-0.2, 0) is 22.5 Å². The summed E-state index contributed by atoms with van der Waals surface area (Å²) in [5.74, 6) is 0.467. The number of esters is 1. The molecule has 39 heavy (non-hydrogen) atoms. The normalized spacial score (nSPS) is 10.8. The molecule has 0 aliphatic rings. The zero-order chi connectivity index (χ0) is 27.2. The standard InChI is InChI=1S/C30H25N3O5S/c1-20-26-28(39-27(20)30(36)37-17-16-21-8-4-2-5-9-21)31-19-33(29(26)35)18-25(34)32-22-12-14-24(15-13-22)38-23-10-6-3-7-11-23/h2-15,19H,16-18H2,1H3,(H,32,34). The summed E-state index contributed by atoms with van der Waals surface area (Å²) in [5, 5.41) is 3.09.